The zero-order valence-corrected chi connectivity index (χ0v) is 16.2. The molecule has 2 aromatic carbocycles. The first-order valence-electron chi connectivity index (χ1n) is 8.97. The summed E-state index contributed by atoms with van der Waals surface area (Å²) in [5, 5.41) is -0.216. The maximum Gasteiger partial charge on any atom is 0.416 e. The summed E-state index contributed by atoms with van der Waals surface area (Å²) in [7, 11) is 0. The van der Waals surface area contributed by atoms with E-state index in [1.54, 1.807) is 0 Å². The van der Waals surface area contributed by atoms with Crippen molar-refractivity contribution >= 4 is 23.4 Å². The smallest absolute Gasteiger partial charge is 0.337 e. The molecule has 10 heteroatoms. The summed E-state index contributed by atoms with van der Waals surface area (Å²) in [5.74, 6) is -3.10. The standard InChI is InChI=1S/C20H16ClF5N2O2/c21-14-9-12(8-13(10-14)20(24,25)26)18(29)27-4-1-5-28(7-6-27)19(30)16-3-2-15(22)11-17(16)23/h2-3,8-11H,1,4-7H2. The predicted molar refractivity (Wildman–Crippen MR) is 99.2 cm³/mol. The van der Waals surface area contributed by atoms with Crippen LogP contribution in [0.15, 0.2) is 36.4 Å². The molecule has 160 valence electrons. The van der Waals surface area contributed by atoms with Crippen LogP contribution in [0.4, 0.5) is 22.0 Å². The minimum Gasteiger partial charge on any atom is -0.337 e. The number of amides is 2. The number of nitrogens with zero attached hydrogens (tertiary/aromatic N) is 2. The highest BCUT2D eigenvalue weighted by Crippen LogP contribution is 2.32. The Morgan fingerprint density at radius 2 is 1.50 bits per heavy atom. The monoisotopic (exact) mass is 446 g/mol. The first-order chi connectivity index (χ1) is 14.1. The Kier molecular flexibility index (Phi) is 6.30. The SMILES string of the molecule is O=C(c1cc(Cl)cc(C(F)(F)F)c1)N1CCCN(C(=O)c2ccc(F)cc2F)CC1. The van der Waals surface area contributed by atoms with Gasteiger partial charge in [0.1, 0.15) is 11.6 Å². The third-order valence-corrected chi connectivity index (χ3v) is 4.92. The van der Waals surface area contributed by atoms with E-state index in [0.29, 0.717) is 12.5 Å². The van der Waals surface area contributed by atoms with E-state index in [9.17, 15) is 31.5 Å². The lowest BCUT2D eigenvalue weighted by atomic mass is 10.1. The van der Waals surface area contributed by atoms with Crippen molar-refractivity contribution in [2.75, 3.05) is 26.2 Å². The molecule has 0 atom stereocenters. The summed E-state index contributed by atoms with van der Waals surface area (Å²) < 4.78 is 65.9. The van der Waals surface area contributed by atoms with Gasteiger partial charge in [-0.3, -0.25) is 9.59 Å². The molecule has 3 rings (SSSR count). The molecule has 2 amide bonds. The molecule has 0 spiro atoms. The second kappa shape index (κ2) is 8.59. The number of rotatable bonds is 2. The summed E-state index contributed by atoms with van der Waals surface area (Å²) in [6.45, 7) is 0.500. The second-order valence-electron chi connectivity index (χ2n) is 6.79. The summed E-state index contributed by atoms with van der Waals surface area (Å²) in [4.78, 5) is 27.9. The van der Waals surface area contributed by atoms with Gasteiger partial charge in [-0.25, -0.2) is 8.78 Å². The van der Waals surface area contributed by atoms with Crippen molar-refractivity contribution in [1.82, 2.24) is 9.80 Å². The van der Waals surface area contributed by atoms with Crippen LogP contribution in [-0.2, 0) is 6.18 Å². The molecule has 0 aromatic heterocycles. The Bertz CT molecular complexity index is 980. The van der Waals surface area contributed by atoms with Crippen LogP contribution in [-0.4, -0.2) is 47.8 Å². The number of hydrogen-bond donors (Lipinski definition) is 0. The van der Waals surface area contributed by atoms with Crippen LogP contribution in [0, 0.1) is 11.6 Å². The molecule has 1 saturated heterocycles. The number of alkyl halides is 3. The van der Waals surface area contributed by atoms with Gasteiger partial charge in [0.2, 0.25) is 0 Å². The van der Waals surface area contributed by atoms with Gasteiger partial charge in [-0.2, -0.15) is 13.2 Å². The summed E-state index contributed by atoms with van der Waals surface area (Å²) in [6.07, 6.45) is -4.31. The molecule has 0 N–H and O–H groups in total. The quantitative estimate of drug-likeness (QED) is 0.631. The minimum atomic E-state index is -4.65. The van der Waals surface area contributed by atoms with Crippen LogP contribution < -0.4 is 0 Å². The fourth-order valence-corrected chi connectivity index (χ4v) is 3.45. The Morgan fingerprint density at radius 3 is 2.10 bits per heavy atom. The molecule has 1 heterocycles. The number of halogens is 6. The molecular formula is C20H16ClF5N2O2. The molecule has 0 bridgehead atoms. The van der Waals surface area contributed by atoms with Crippen molar-refractivity contribution in [2.45, 2.75) is 12.6 Å². The van der Waals surface area contributed by atoms with E-state index in [-0.39, 0.29) is 42.3 Å². The lowest BCUT2D eigenvalue weighted by Crippen LogP contribution is -2.37. The van der Waals surface area contributed by atoms with E-state index >= 15 is 0 Å². The highest BCUT2D eigenvalue weighted by molar-refractivity contribution is 6.31. The topological polar surface area (TPSA) is 40.6 Å². The van der Waals surface area contributed by atoms with Crippen LogP contribution in [0.1, 0.15) is 32.7 Å². The Hall–Kier alpha value is -2.68. The Labute approximate surface area is 173 Å². The fourth-order valence-electron chi connectivity index (χ4n) is 3.22. The van der Waals surface area contributed by atoms with Crippen molar-refractivity contribution in [3.8, 4) is 0 Å². The van der Waals surface area contributed by atoms with Crippen molar-refractivity contribution < 1.29 is 31.5 Å². The third-order valence-electron chi connectivity index (χ3n) is 4.70. The molecule has 30 heavy (non-hydrogen) atoms. The van der Waals surface area contributed by atoms with Gasteiger partial charge in [0, 0.05) is 42.8 Å². The maximum absolute atomic E-state index is 13.9. The molecule has 1 aliphatic heterocycles. The molecule has 2 aromatic rings. The van der Waals surface area contributed by atoms with Crippen LogP contribution in [0.25, 0.3) is 0 Å². The van der Waals surface area contributed by atoms with Crippen molar-refractivity contribution in [2.24, 2.45) is 0 Å². The number of carbonyl (C=O) groups excluding carboxylic acids is 2. The Balaban J connectivity index is 1.74. The summed E-state index contributed by atoms with van der Waals surface area (Å²) in [5.41, 5.74) is -1.53. The van der Waals surface area contributed by atoms with Gasteiger partial charge < -0.3 is 9.80 Å². The lowest BCUT2D eigenvalue weighted by molar-refractivity contribution is -0.137. The average Bonchev–Trinajstić information content (AvgIpc) is 2.92. The highest BCUT2D eigenvalue weighted by Gasteiger charge is 2.32. The van der Waals surface area contributed by atoms with E-state index in [1.165, 1.54) is 9.80 Å². The summed E-state index contributed by atoms with van der Waals surface area (Å²) >= 11 is 5.74. The zero-order chi connectivity index (χ0) is 22.1. The van der Waals surface area contributed by atoms with Gasteiger partial charge in [-0.1, -0.05) is 11.6 Å². The molecular weight excluding hydrogens is 431 g/mol. The Morgan fingerprint density at radius 1 is 0.867 bits per heavy atom. The minimum absolute atomic E-state index is 0.0429. The van der Waals surface area contributed by atoms with E-state index in [0.717, 1.165) is 30.3 Å². The number of hydrogen-bond acceptors (Lipinski definition) is 2. The van der Waals surface area contributed by atoms with Gasteiger partial charge in [0.15, 0.2) is 0 Å². The molecule has 0 radical (unpaired) electrons. The van der Waals surface area contributed by atoms with Gasteiger partial charge in [0.25, 0.3) is 11.8 Å². The second-order valence-corrected chi connectivity index (χ2v) is 7.22. The van der Waals surface area contributed by atoms with E-state index in [4.69, 9.17) is 11.6 Å². The first kappa shape index (κ1) is 22.0. The third kappa shape index (κ3) is 4.89. The van der Waals surface area contributed by atoms with Crippen molar-refractivity contribution in [3.05, 3.63) is 69.7 Å². The fraction of sp³-hybridized carbons (Fsp3) is 0.300. The van der Waals surface area contributed by atoms with Gasteiger partial charge >= 0.3 is 6.18 Å². The number of benzene rings is 2. The molecule has 0 aliphatic carbocycles. The van der Waals surface area contributed by atoms with Gasteiger partial charge in [-0.15, -0.1) is 0 Å². The molecule has 1 aliphatic rings. The van der Waals surface area contributed by atoms with Crippen LogP contribution in [0.2, 0.25) is 5.02 Å². The van der Waals surface area contributed by atoms with Crippen LogP contribution in [0.3, 0.4) is 0 Å². The summed E-state index contributed by atoms with van der Waals surface area (Å²) in [6, 6.07) is 5.25. The average molecular weight is 447 g/mol. The normalized spacial score (nSPS) is 15.1. The molecule has 0 saturated carbocycles. The predicted octanol–water partition coefficient (Wildman–Crippen LogP) is 4.63. The number of carbonyl (C=O) groups is 2. The van der Waals surface area contributed by atoms with Gasteiger partial charge in [0.05, 0.1) is 11.1 Å². The van der Waals surface area contributed by atoms with Crippen LogP contribution in [0.5, 0.6) is 0 Å². The van der Waals surface area contributed by atoms with Crippen molar-refractivity contribution in [1.29, 1.82) is 0 Å². The largest absolute Gasteiger partial charge is 0.416 e. The molecule has 4 nitrogen and oxygen atoms in total. The first-order valence-corrected chi connectivity index (χ1v) is 9.35. The maximum atomic E-state index is 13.9. The van der Waals surface area contributed by atoms with Crippen molar-refractivity contribution in [3.63, 3.8) is 0 Å². The van der Waals surface area contributed by atoms with E-state index in [2.05, 4.69) is 0 Å². The van der Waals surface area contributed by atoms with Crippen LogP contribution >= 0.6 is 11.6 Å². The highest BCUT2D eigenvalue weighted by atomic mass is 35.5. The molecule has 0 unspecified atom stereocenters. The van der Waals surface area contributed by atoms with E-state index in [1.807, 2.05) is 0 Å². The zero-order valence-electron chi connectivity index (χ0n) is 15.5. The lowest BCUT2D eigenvalue weighted by Gasteiger charge is -2.23. The van der Waals surface area contributed by atoms with E-state index < -0.39 is 35.2 Å². The molecule has 1 fully saturated rings. The van der Waals surface area contributed by atoms with Gasteiger partial charge in [-0.05, 0) is 36.8 Å².